The summed E-state index contributed by atoms with van der Waals surface area (Å²) < 4.78 is 7.00. The van der Waals surface area contributed by atoms with Gasteiger partial charge in [0.2, 0.25) is 5.88 Å². The van der Waals surface area contributed by atoms with Gasteiger partial charge < -0.3 is 9.84 Å². The number of fused-ring (bicyclic) bond motifs is 1. The lowest BCUT2D eigenvalue weighted by Gasteiger charge is -2.41. The van der Waals surface area contributed by atoms with Gasteiger partial charge in [-0.15, -0.1) is 11.3 Å². The second-order valence-electron chi connectivity index (χ2n) is 6.78. The third kappa shape index (κ3) is 2.24. The van der Waals surface area contributed by atoms with Gasteiger partial charge in [0, 0.05) is 0 Å². The molecule has 3 nitrogen and oxygen atoms in total. The molecule has 114 valence electrons. The van der Waals surface area contributed by atoms with Crippen LogP contribution in [0.5, 0.6) is 5.88 Å². The molecule has 5 heteroatoms. The molecule has 0 amide bonds. The van der Waals surface area contributed by atoms with Gasteiger partial charge in [-0.05, 0) is 16.6 Å². The molecule has 0 fully saturated rings. The number of aliphatic hydroxyl groups is 1. The molecular formula is C15H27NO2SSi. The normalized spacial score (nSPS) is 19.0. The van der Waals surface area contributed by atoms with Crippen molar-refractivity contribution in [3.05, 3.63) is 4.88 Å². The molecule has 2 heterocycles. The van der Waals surface area contributed by atoms with Gasteiger partial charge in [-0.25, -0.2) is 4.98 Å². The first kappa shape index (κ1) is 16.0. The number of nitrogens with zero attached hydrogens (tertiary/aromatic N) is 1. The molecule has 1 N–H and O–H groups in total. The fraction of sp³-hybridized carbons (Fsp3) is 0.800. The molecule has 1 aromatic rings. The number of hydrogen-bond acceptors (Lipinski definition) is 4. The number of aliphatic hydroxyl groups excluding tert-OH is 1. The van der Waals surface area contributed by atoms with Crippen molar-refractivity contribution in [2.75, 3.05) is 13.2 Å². The van der Waals surface area contributed by atoms with Crippen molar-refractivity contribution in [2.45, 2.75) is 64.1 Å². The van der Waals surface area contributed by atoms with Gasteiger partial charge >= 0.3 is 0 Å². The van der Waals surface area contributed by atoms with Crippen molar-refractivity contribution < 1.29 is 9.84 Å². The molecule has 0 saturated carbocycles. The van der Waals surface area contributed by atoms with Crippen LogP contribution >= 0.6 is 11.3 Å². The molecule has 0 spiro atoms. The molecule has 0 radical (unpaired) electrons. The Morgan fingerprint density at radius 3 is 2.20 bits per heavy atom. The Hall–Kier alpha value is -0.393. The van der Waals surface area contributed by atoms with Gasteiger partial charge in [0.1, 0.15) is 14.7 Å². The Balaban J connectivity index is 2.51. The van der Waals surface area contributed by atoms with Crippen LogP contribution in [0.1, 0.15) is 52.3 Å². The first-order valence-electron chi connectivity index (χ1n) is 7.60. The Bertz CT molecular complexity index is 449. The van der Waals surface area contributed by atoms with E-state index in [2.05, 4.69) is 41.5 Å². The number of hydrogen-bond donors (Lipinski definition) is 1. The van der Waals surface area contributed by atoms with Crippen LogP contribution in [-0.2, 0) is 0 Å². The van der Waals surface area contributed by atoms with Crippen LogP contribution in [0.4, 0.5) is 0 Å². The van der Waals surface area contributed by atoms with Crippen LogP contribution in [0, 0.1) is 0 Å². The summed E-state index contributed by atoms with van der Waals surface area (Å²) in [6, 6.07) is 0. The molecule has 1 unspecified atom stereocenters. The van der Waals surface area contributed by atoms with Crippen molar-refractivity contribution in [1.82, 2.24) is 4.98 Å². The Morgan fingerprint density at radius 1 is 1.20 bits per heavy atom. The lowest BCUT2D eigenvalue weighted by atomic mass is 10.2. The summed E-state index contributed by atoms with van der Waals surface area (Å²) in [5.74, 6) is 0.928. The molecule has 0 saturated heterocycles. The van der Waals surface area contributed by atoms with E-state index in [4.69, 9.17) is 9.72 Å². The maximum atomic E-state index is 9.46. The quantitative estimate of drug-likeness (QED) is 0.846. The fourth-order valence-electron chi connectivity index (χ4n) is 4.00. The van der Waals surface area contributed by atoms with Crippen LogP contribution in [0.3, 0.4) is 0 Å². The Kier molecular flexibility index (Phi) is 4.62. The van der Waals surface area contributed by atoms with E-state index in [1.165, 1.54) is 9.51 Å². The van der Waals surface area contributed by atoms with Crippen LogP contribution in [0.15, 0.2) is 0 Å². The predicted molar refractivity (Wildman–Crippen MR) is 88.1 cm³/mol. The number of thiazole rings is 1. The largest absolute Gasteiger partial charge is 0.476 e. The highest BCUT2D eigenvalue weighted by molar-refractivity contribution is 7.27. The zero-order chi connectivity index (χ0) is 15.1. The minimum Gasteiger partial charge on any atom is -0.476 e. The molecule has 1 aromatic heterocycles. The first-order valence-corrected chi connectivity index (χ1v) is 10.6. The monoisotopic (exact) mass is 313 g/mol. The highest BCUT2D eigenvalue weighted by Gasteiger charge is 2.48. The third-order valence-corrected chi connectivity index (χ3v) is 13.8. The summed E-state index contributed by atoms with van der Waals surface area (Å²) in [7, 11) is -1.69. The summed E-state index contributed by atoms with van der Waals surface area (Å²) in [5.41, 5.74) is 1.96. The van der Waals surface area contributed by atoms with E-state index in [1.54, 1.807) is 0 Å². The zero-order valence-electron chi connectivity index (χ0n) is 13.4. The predicted octanol–water partition coefficient (Wildman–Crippen LogP) is 3.50. The van der Waals surface area contributed by atoms with Crippen LogP contribution < -0.4 is 9.37 Å². The molecule has 0 bridgehead atoms. The summed E-state index contributed by atoms with van der Waals surface area (Å²) in [6.07, 6.45) is 0. The lowest BCUT2D eigenvalue weighted by Crippen LogP contribution is -2.55. The van der Waals surface area contributed by atoms with Crippen molar-refractivity contribution in [1.29, 1.82) is 0 Å². The zero-order valence-corrected chi connectivity index (χ0v) is 15.3. The maximum absolute atomic E-state index is 9.46. The minimum absolute atomic E-state index is 0.134. The molecule has 20 heavy (non-hydrogen) atoms. The maximum Gasteiger partial charge on any atom is 0.228 e. The molecule has 1 atom stereocenters. The molecule has 2 rings (SSSR count). The SMILES string of the molecule is CC(C)[Si](c1nc2c(s1)C(CO)CO2)(C(C)C)C(C)C. The summed E-state index contributed by atoms with van der Waals surface area (Å²) in [6.45, 7) is 14.9. The molecule has 0 aliphatic carbocycles. The fourth-order valence-corrected chi connectivity index (χ4v) is 13.8. The van der Waals surface area contributed by atoms with E-state index >= 15 is 0 Å². The second-order valence-corrected chi connectivity index (χ2v) is 14.0. The van der Waals surface area contributed by atoms with Crippen molar-refractivity contribution in [3.8, 4) is 5.88 Å². The Labute approximate surface area is 127 Å². The van der Waals surface area contributed by atoms with Gasteiger partial charge in [-0.3, -0.25) is 0 Å². The molecule has 0 aromatic carbocycles. The highest BCUT2D eigenvalue weighted by Crippen LogP contribution is 2.44. The number of rotatable bonds is 5. The van der Waals surface area contributed by atoms with E-state index in [0.717, 1.165) is 5.88 Å². The standard InChI is InChI=1S/C15H27NO2SSi/c1-9(2)20(10(3)4,11(5)6)15-16-14-13(19-15)12(7-17)8-18-14/h9-12,17H,7-8H2,1-6H3. The van der Waals surface area contributed by atoms with E-state index in [9.17, 15) is 5.11 Å². The second kappa shape index (κ2) is 5.77. The number of aromatic nitrogens is 1. The molecule has 1 aliphatic heterocycles. The van der Waals surface area contributed by atoms with Crippen LogP contribution in [0.25, 0.3) is 0 Å². The topological polar surface area (TPSA) is 42.4 Å². The van der Waals surface area contributed by atoms with Crippen molar-refractivity contribution in [3.63, 3.8) is 0 Å². The van der Waals surface area contributed by atoms with Crippen LogP contribution in [-0.4, -0.2) is 31.4 Å². The average Bonchev–Trinajstić information content (AvgIpc) is 2.87. The third-order valence-electron chi connectivity index (χ3n) is 4.87. The minimum atomic E-state index is -1.69. The van der Waals surface area contributed by atoms with Crippen molar-refractivity contribution >= 4 is 24.0 Å². The van der Waals surface area contributed by atoms with Gasteiger partial charge in [-0.2, -0.15) is 0 Å². The Morgan fingerprint density at radius 2 is 1.75 bits per heavy atom. The van der Waals surface area contributed by atoms with Crippen molar-refractivity contribution in [2.24, 2.45) is 0 Å². The molecule has 1 aliphatic rings. The van der Waals surface area contributed by atoms with Gasteiger partial charge in [0.05, 0.1) is 22.0 Å². The average molecular weight is 314 g/mol. The van der Waals surface area contributed by atoms with E-state index < -0.39 is 8.07 Å². The summed E-state index contributed by atoms with van der Waals surface area (Å²) in [4.78, 5) is 6.04. The first-order chi connectivity index (χ1) is 9.35. The summed E-state index contributed by atoms with van der Waals surface area (Å²) in [5, 5.41) is 9.46. The van der Waals surface area contributed by atoms with Gasteiger partial charge in [-0.1, -0.05) is 41.5 Å². The van der Waals surface area contributed by atoms with Crippen LogP contribution in [0.2, 0.25) is 16.6 Å². The van der Waals surface area contributed by atoms with E-state index in [1.807, 2.05) is 11.3 Å². The van der Waals surface area contributed by atoms with Gasteiger partial charge in [0.25, 0.3) is 0 Å². The smallest absolute Gasteiger partial charge is 0.228 e. The lowest BCUT2D eigenvalue weighted by molar-refractivity contribution is 0.230. The summed E-state index contributed by atoms with van der Waals surface area (Å²) >= 11 is 1.81. The molecular weight excluding hydrogens is 286 g/mol. The highest BCUT2D eigenvalue weighted by atomic mass is 32.1. The van der Waals surface area contributed by atoms with E-state index in [0.29, 0.717) is 23.2 Å². The van der Waals surface area contributed by atoms with E-state index in [-0.39, 0.29) is 12.5 Å². The number of ether oxygens (including phenoxy) is 1. The van der Waals surface area contributed by atoms with Gasteiger partial charge in [0.15, 0.2) is 0 Å².